The van der Waals surface area contributed by atoms with Crippen LogP contribution < -0.4 is 20.7 Å². The molecule has 5 aliphatic rings. The van der Waals surface area contributed by atoms with E-state index in [1.165, 1.54) is 6.20 Å². The summed E-state index contributed by atoms with van der Waals surface area (Å²) in [7, 11) is 0. The van der Waals surface area contributed by atoms with Crippen LogP contribution in [0.25, 0.3) is 22.2 Å². The van der Waals surface area contributed by atoms with Gasteiger partial charge in [-0.25, -0.2) is 13.2 Å². The predicted molar refractivity (Wildman–Crippen MR) is 159 cm³/mol. The highest BCUT2D eigenvalue weighted by Gasteiger charge is 2.53. The molecule has 2 bridgehead atoms. The Morgan fingerprint density at radius 2 is 1.93 bits per heavy atom. The molecule has 3 aromatic rings. The molecule has 0 radical (unpaired) electrons. The summed E-state index contributed by atoms with van der Waals surface area (Å²) in [5.41, 5.74) is 1.47. The molecule has 8 nitrogen and oxygen atoms in total. The molecule has 3 N–H and O–H groups in total. The van der Waals surface area contributed by atoms with Crippen molar-refractivity contribution in [2.45, 2.75) is 68.2 Å². The summed E-state index contributed by atoms with van der Waals surface area (Å²) in [5, 5.41) is 3.97. The zero-order valence-electron chi connectivity index (χ0n) is 24.9. The van der Waals surface area contributed by atoms with Gasteiger partial charge in [-0.15, -0.1) is 0 Å². The third kappa shape index (κ3) is 4.70. The first-order valence-electron chi connectivity index (χ1n) is 15.7. The van der Waals surface area contributed by atoms with Crippen LogP contribution in [0, 0.1) is 17.6 Å². The van der Waals surface area contributed by atoms with Gasteiger partial charge in [0.05, 0.1) is 34.1 Å². The molecule has 0 unspecified atom stereocenters. The number of piperazine rings is 1. The fraction of sp³-hybridized carbons (Fsp3) is 0.531. The first kappa shape index (κ1) is 29.7. The molecule has 3 atom stereocenters. The summed E-state index contributed by atoms with van der Waals surface area (Å²) in [6.07, 6.45) is 3.21. The van der Waals surface area contributed by atoms with E-state index in [0.717, 1.165) is 51.1 Å². The molecule has 5 fully saturated rings. The lowest BCUT2D eigenvalue weighted by Gasteiger charge is -2.42. The van der Waals surface area contributed by atoms with Gasteiger partial charge in [-0.3, -0.25) is 9.88 Å². The summed E-state index contributed by atoms with van der Waals surface area (Å²) in [4.78, 5) is 17.4. The SMILES string of the molecule is Nc1ccc(C(F)(F)F)c(-c2ncc3c(N4C[C@@H]5CC[C@](C6CC6)(C4)N5)nc(OC[C@@]45CCCN4C/C(=C\F)C5)nc3c2F)c1F. The van der Waals surface area contributed by atoms with Crippen molar-refractivity contribution in [3.05, 3.63) is 47.4 Å². The summed E-state index contributed by atoms with van der Waals surface area (Å²) in [6, 6.07) is 1.43. The van der Waals surface area contributed by atoms with Gasteiger partial charge in [0.2, 0.25) is 0 Å². The Morgan fingerprint density at radius 3 is 2.70 bits per heavy atom. The number of ether oxygens (including phenoxy) is 1. The summed E-state index contributed by atoms with van der Waals surface area (Å²) < 4.78 is 93.5. The van der Waals surface area contributed by atoms with Crippen LogP contribution in [0.15, 0.2) is 30.2 Å². The Labute approximate surface area is 261 Å². The number of pyridine rings is 1. The number of hydrogen-bond acceptors (Lipinski definition) is 8. The van der Waals surface area contributed by atoms with Crippen LogP contribution >= 0.6 is 0 Å². The van der Waals surface area contributed by atoms with E-state index in [2.05, 4.69) is 25.1 Å². The molecule has 6 heterocycles. The van der Waals surface area contributed by atoms with Crippen LogP contribution in [-0.2, 0) is 6.18 Å². The normalized spacial score (nSPS) is 28.9. The number of anilines is 2. The van der Waals surface area contributed by atoms with E-state index >= 15 is 8.78 Å². The average Bonchev–Trinajstić information content (AvgIpc) is 3.64. The number of nitrogens with two attached hydrogens (primary N) is 1. The van der Waals surface area contributed by atoms with Crippen molar-refractivity contribution in [2.24, 2.45) is 5.92 Å². The van der Waals surface area contributed by atoms with Crippen LogP contribution in [0.2, 0.25) is 0 Å². The van der Waals surface area contributed by atoms with Crippen molar-refractivity contribution in [1.29, 1.82) is 0 Å². The van der Waals surface area contributed by atoms with Gasteiger partial charge < -0.3 is 20.7 Å². The quantitative estimate of drug-likeness (QED) is 0.258. The number of alkyl halides is 3. The number of nitrogens with one attached hydrogen (secondary N) is 1. The third-order valence-corrected chi connectivity index (χ3v) is 10.7. The van der Waals surface area contributed by atoms with Gasteiger partial charge in [-0.2, -0.15) is 23.1 Å². The molecule has 1 aliphatic carbocycles. The Hall–Kier alpha value is -3.65. The molecule has 1 saturated carbocycles. The smallest absolute Gasteiger partial charge is 0.417 e. The molecule has 4 aliphatic heterocycles. The molecule has 46 heavy (non-hydrogen) atoms. The van der Waals surface area contributed by atoms with E-state index in [4.69, 9.17) is 15.5 Å². The van der Waals surface area contributed by atoms with E-state index < -0.39 is 45.9 Å². The van der Waals surface area contributed by atoms with Crippen molar-refractivity contribution in [1.82, 2.24) is 25.2 Å². The van der Waals surface area contributed by atoms with E-state index in [9.17, 15) is 17.6 Å². The summed E-state index contributed by atoms with van der Waals surface area (Å²) >= 11 is 0. The van der Waals surface area contributed by atoms with Gasteiger partial charge >= 0.3 is 12.2 Å². The zero-order chi connectivity index (χ0) is 32.0. The largest absolute Gasteiger partial charge is 0.461 e. The zero-order valence-corrected chi connectivity index (χ0v) is 24.9. The fourth-order valence-corrected chi connectivity index (χ4v) is 8.38. The Balaban J connectivity index is 1.25. The Bertz CT molecular complexity index is 1760. The number of benzene rings is 1. The lowest BCUT2D eigenvalue weighted by molar-refractivity contribution is -0.137. The van der Waals surface area contributed by atoms with Gasteiger partial charge in [0.15, 0.2) is 11.6 Å². The first-order valence-corrected chi connectivity index (χ1v) is 15.7. The maximum absolute atomic E-state index is 16.5. The first-order chi connectivity index (χ1) is 22.0. The second kappa shape index (κ2) is 10.4. The minimum absolute atomic E-state index is 0.109. The van der Waals surface area contributed by atoms with Gasteiger partial charge in [-0.1, -0.05) is 0 Å². The highest BCUT2D eigenvalue weighted by molar-refractivity contribution is 5.92. The lowest BCUT2D eigenvalue weighted by atomic mass is 9.90. The second-order valence-electron chi connectivity index (χ2n) is 13.6. The van der Waals surface area contributed by atoms with Crippen LogP contribution in [0.1, 0.15) is 50.5 Å². The van der Waals surface area contributed by atoms with Crippen LogP contribution in [-0.4, -0.2) is 69.8 Å². The van der Waals surface area contributed by atoms with Crippen molar-refractivity contribution >= 4 is 22.4 Å². The molecule has 14 heteroatoms. The number of rotatable bonds is 6. The molecule has 0 amide bonds. The van der Waals surface area contributed by atoms with E-state index in [0.29, 0.717) is 55.8 Å². The Kier molecular flexibility index (Phi) is 6.74. The monoisotopic (exact) mass is 645 g/mol. The standard InChI is InChI=1S/C32H33F6N7O/c33-11-17-10-30(7-1-9-45(30)13-17)16-46-29-41-26-20(28(42-29)44-14-19-6-8-31(15-44,43-19)18-2-3-18)12-40-27(25(26)35)23-21(32(36,37)38)4-5-22(39)24(23)34/h4-5,11-12,18-19,43H,1-3,6-10,13-16,39H2/b17-11-/t19-,30-,31+/m0/s1. The second-order valence-corrected chi connectivity index (χ2v) is 13.6. The van der Waals surface area contributed by atoms with Gasteiger partial charge in [0, 0.05) is 37.4 Å². The number of fused-ring (bicyclic) bond motifs is 4. The lowest BCUT2D eigenvalue weighted by Crippen LogP contribution is -2.61. The van der Waals surface area contributed by atoms with E-state index in [-0.39, 0.29) is 35.1 Å². The van der Waals surface area contributed by atoms with Gasteiger partial charge in [-0.05, 0) is 75.1 Å². The number of hydrogen-bond donors (Lipinski definition) is 2. The molecular weight excluding hydrogens is 612 g/mol. The molecule has 1 aromatic carbocycles. The molecule has 0 spiro atoms. The number of nitrogen functional groups attached to an aromatic ring is 1. The van der Waals surface area contributed by atoms with E-state index in [1.54, 1.807) is 0 Å². The molecule has 4 saturated heterocycles. The predicted octanol–water partition coefficient (Wildman–Crippen LogP) is 5.76. The topological polar surface area (TPSA) is 92.4 Å². The average molecular weight is 646 g/mol. The minimum Gasteiger partial charge on any atom is -0.461 e. The van der Waals surface area contributed by atoms with Crippen LogP contribution in [0.5, 0.6) is 6.01 Å². The molecule has 2 aromatic heterocycles. The third-order valence-electron chi connectivity index (χ3n) is 10.7. The molecular formula is C32H33F6N7O. The summed E-state index contributed by atoms with van der Waals surface area (Å²) in [5.74, 6) is -1.78. The van der Waals surface area contributed by atoms with E-state index in [1.807, 2.05) is 0 Å². The Morgan fingerprint density at radius 1 is 1.11 bits per heavy atom. The van der Waals surface area contributed by atoms with Crippen molar-refractivity contribution in [2.75, 3.05) is 43.4 Å². The highest BCUT2D eigenvalue weighted by Crippen LogP contribution is 2.49. The minimum atomic E-state index is -5.00. The summed E-state index contributed by atoms with van der Waals surface area (Å²) in [6.45, 7) is 2.58. The van der Waals surface area contributed by atoms with Crippen LogP contribution in [0.4, 0.5) is 37.8 Å². The number of aromatic nitrogens is 3. The van der Waals surface area contributed by atoms with Crippen LogP contribution in [0.3, 0.4) is 0 Å². The van der Waals surface area contributed by atoms with Gasteiger partial charge in [0.1, 0.15) is 23.6 Å². The van der Waals surface area contributed by atoms with Crippen molar-refractivity contribution < 1.29 is 31.1 Å². The van der Waals surface area contributed by atoms with Gasteiger partial charge in [0.25, 0.3) is 0 Å². The number of nitrogens with zero attached hydrogens (tertiary/aromatic N) is 5. The van der Waals surface area contributed by atoms with Crippen molar-refractivity contribution in [3.8, 4) is 17.3 Å². The highest BCUT2D eigenvalue weighted by atomic mass is 19.4. The van der Waals surface area contributed by atoms with Crippen molar-refractivity contribution in [3.63, 3.8) is 0 Å². The number of halogens is 6. The maximum atomic E-state index is 16.5. The molecule has 244 valence electrons. The fourth-order valence-electron chi connectivity index (χ4n) is 8.38. The maximum Gasteiger partial charge on any atom is 0.417 e. The molecule has 8 rings (SSSR count).